The van der Waals surface area contributed by atoms with Crippen LogP contribution in [0.25, 0.3) is 11.1 Å². The van der Waals surface area contributed by atoms with Crippen molar-refractivity contribution in [2.24, 2.45) is 5.16 Å². The number of hydrogen-bond acceptors (Lipinski definition) is 14. The fourth-order valence-electron chi connectivity index (χ4n) is 10.4. The molecule has 4 aliphatic heterocycles. The molecule has 0 amide bonds. The summed E-state index contributed by atoms with van der Waals surface area (Å²) in [5.74, 6) is 2.72. The molecule has 4 aromatic carbocycles. The van der Waals surface area contributed by atoms with Crippen molar-refractivity contribution in [3.8, 4) is 45.9 Å². The lowest BCUT2D eigenvalue weighted by molar-refractivity contribution is -0.141. The van der Waals surface area contributed by atoms with E-state index in [0.717, 1.165) is 22.4 Å². The number of fused-ring (bicyclic) bond motifs is 12. The fraction of sp³-hybridized carbons (Fsp3) is 0.413. The molecule has 4 aromatic rings. The SMILES string of the molecule is COCOc1c(OC)c(C)cc2c1[C@@H]1C3Cc4c(O)c(C)c5c(c4[C@H](COC(=O)C(CSCC4c6ccccc6-c6ccccc64)=NOC)N3[C@@H](C#N)[C@H](C2)N1C)OCO5. The van der Waals surface area contributed by atoms with Gasteiger partial charge in [-0.3, -0.25) is 9.80 Å². The third-order valence-electron chi connectivity index (χ3n) is 12.9. The van der Waals surface area contributed by atoms with Gasteiger partial charge in [0.05, 0.1) is 25.3 Å². The zero-order valence-electron chi connectivity index (χ0n) is 34.5. The molecule has 0 aromatic heterocycles. The molecule has 0 saturated carbocycles. The standard InChI is InChI=1S/C46H48N4O9S/c1-24-15-26-16-34-36(18-47)50-35(40(49(34)3)38(26)44(42(24)54-5)57-22-53-4)17-31-39(45-43(58-23-59-45)25(2)41(31)51)37(50)19-56-46(52)33(48-55-6)21-60-20-32-29-13-9-7-11-27(29)28-12-8-10-14-30(28)32/h7-15,32,34-37,40,51H,16-17,19-23H2,1-6H3/t34-,35?,36-,37-,40-/m0/s1. The van der Waals surface area contributed by atoms with Gasteiger partial charge in [0.25, 0.3) is 0 Å². The summed E-state index contributed by atoms with van der Waals surface area (Å²) in [7, 11) is 6.65. The number of benzene rings is 4. The number of carbonyl (C=O) groups excluding carboxylic acids is 1. The van der Waals surface area contributed by atoms with Crippen molar-refractivity contribution in [1.29, 1.82) is 5.26 Å². The van der Waals surface area contributed by atoms with E-state index in [1.807, 2.05) is 14.0 Å². The summed E-state index contributed by atoms with van der Waals surface area (Å²) in [5, 5.41) is 27.2. The number of phenolic OH excluding ortho intramolecular Hbond substituents is 1. The van der Waals surface area contributed by atoms with Crippen LogP contribution in [0.3, 0.4) is 0 Å². The van der Waals surface area contributed by atoms with E-state index >= 15 is 0 Å². The Hall–Kier alpha value is -5.46. The van der Waals surface area contributed by atoms with E-state index in [1.165, 1.54) is 29.4 Å². The van der Waals surface area contributed by atoms with Gasteiger partial charge in [0.1, 0.15) is 25.5 Å². The summed E-state index contributed by atoms with van der Waals surface area (Å²) in [4.78, 5) is 23.8. The minimum atomic E-state index is -0.701. The molecule has 1 N–H and O–H groups in total. The third-order valence-corrected chi connectivity index (χ3v) is 13.9. The molecule has 14 heteroatoms. The summed E-state index contributed by atoms with van der Waals surface area (Å²) >= 11 is 1.59. The molecule has 1 aliphatic carbocycles. The van der Waals surface area contributed by atoms with E-state index in [2.05, 4.69) is 75.6 Å². The molecule has 5 aliphatic rings. The predicted molar refractivity (Wildman–Crippen MR) is 225 cm³/mol. The Bertz CT molecular complexity index is 2390. The average Bonchev–Trinajstić information content (AvgIpc) is 3.87. The Morgan fingerprint density at radius 2 is 1.70 bits per heavy atom. The van der Waals surface area contributed by atoms with E-state index in [0.29, 0.717) is 52.5 Å². The molecule has 1 saturated heterocycles. The van der Waals surface area contributed by atoms with Crippen LogP contribution in [0.15, 0.2) is 59.8 Å². The highest BCUT2D eigenvalue weighted by molar-refractivity contribution is 8.00. The quantitative estimate of drug-likeness (QED) is 0.0710. The first-order valence-corrected chi connectivity index (χ1v) is 21.3. The van der Waals surface area contributed by atoms with Gasteiger partial charge in [0, 0.05) is 58.9 Å². The molecule has 60 heavy (non-hydrogen) atoms. The molecule has 1 fully saturated rings. The van der Waals surface area contributed by atoms with Crippen molar-refractivity contribution < 1.29 is 43.2 Å². The van der Waals surface area contributed by atoms with Crippen LogP contribution in [-0.2, 0) is 31.9 Å². The summed E-state index contributed by atoms with van der Waals surface area (Å²) in [6.45, 7) is 3.62. The van der Waals surface area contributed by atoms with Crippen molar-refractivity contribution in [2.45, 2.75) is 62.8 Å². The largest absolute Gasteiger partial charge is 0.507 e. The van der Waals surface area contributed by atoms with Gasteiger partial charge in [-0.15, -0.1) is 0 Å². The number of likely N-dealkylation sites (N-methyl/N-ethyl adjacent to an activating group) is 1. The molecule has 1 unspecified atom stereocenters. The van der Waals surface area contributed by atoms with Crippen molar-refractivity contribution in [1.82, 2.24) is 9.80 Å². The molecular formula is C46H48N4O9S. The van der Waals surface area contributed by atoms with Gasteiger partial charge in [-0.1, -0.05) is 59.8 Å². The second-order valence-corrected chi connectivity index (χ2v) is 16.9. The normalized spacial score (nSPS) is 22.5. The van der Waals surface area contributed by atoms with Gasteiger partial charge in [-0.05, 0) is 67.1 Å². The average molecular weight is 833 g/mol. The molecular weight excluding hydrogens is 785 g/mol. The molecule has 2 bridgehead atoms. The van der Waals surface area contributed by atoms with Crippen LogP contribution < -0.4 is 18.9 Å². The Morgan fingerprint density at radius 3 is 2.38 bits per heavy atom. The minimum absolute atomic E-state index is 0.0110. The number of nitriles is 1. The Labute approximate surface area is 353 Å². The number of esters is 1. The van der Waals surface area contributed by atoms with Gasteiger partial charge in [0.2, 0.25) is 6.79 Å². The van der Waals surface area contributed by atoms with Crippen molar-refractivity contribution >= 4 is 23.4 Å². The van der Waals surface area contributed by atoms with Crippen LogP contribution in [0.1, 0.15) is 62.5 Å². The van der Waals surface area contributed by atoms with Gasteiger partial charge in [-0.2, -0.15) is 17.0 Å². The number of aromatic hydroxyl groups is 1. The number of piperazine rings is 1. The first kappa shape index (κ1) is 40.0. The minimum Gasteiger partial charge on any atom is -0.507 e. The lowest BCUT2D eigenvalue weighted by atomic mass is 9.71. The highest BCUT2D eigenvalue weighted by atomic mass is 32.2. The maximum absolute atomic E-state index is 14.2. The van der Waals surface area contributed by atoms with Crippen LogP contribution in [0.4, 0.5) is 0 Å². The Morgan fingerprint density at radius 1 is 0.983 bits per heavy atom. The predicted octanol–water partition coefficient (Wildman–Crippen LogP) is 6.59. The van der Waals surface area contributed by atoms with E-state index in [1.54, 1.807) is 32.9 Å². The Kier molecular flexibility index (Phi) is 10.8. The molecule has 0 radical (unpaired) electrons. The number of methoxy groups -OCH3 is 2. The topological polar surface area (TPSA) is 145 Å². The second-order valence-electron chi connectivity index (χ2n) is 15.9. The number of thioether (sulfide) groups is 1. The summed E-state index contributed by atoms with van der Waals surface area (Å²) in [5.41, 5.74) is 9.92. The number of nitrogens with zero attached hydrogens (tertiary/aromatic N) is 4. The van der Waals surface area contributed by atoms with Gasteiger partial charge in [-0.25, -0.2) is 4.79 Å². The summed E-state index contributed by atoms with van der Waals surface area (Å²) in [6, 6.07) is 19.4. The van der Waals surface area contributed by atoms with Crippen LogP contribution in [0.2, 0.25) is 0 Å². The number of carbonyl (C=O) groups is 1. The van der Waals surface area contributed by atoms with Crippen LogP contribution >= 0.6 is 11.8 Å². The van der Waals surface area contributed by atoms with Crippen LogP contribution in [0.5, 0.6) is 28.7 Å². The molecule has 13 nitrogen and oxygen atoms in total. The van der Waals surface area contributed by atoms with Crippen molar-refractivity contribution in [2.75, 3.05) is 60.1 Å². The van der Waals surface area contributed by atoms with Crippen molar-refractivity contribution in [3.63, 3.8) is 0 Å². The van der Waals surface area contributed by atoms with E-state index in [9.17, 15) is 15.2 Å². The number of ether oxygens (including phenoxy) is 6. The molecule has 312 valence electrons. The summed E-state index contributed by atoms with van der Waals surface area (Å²) in [6.07, 6.45) is 0.925. The first-order valence-electron chi connectivity index (χ1n) is 20.1. The van der Waals surface area contributed by atoms with Gasteiger partial charge < -0.3 is 38.4 Å². The zero-order valence-corrected chi connectivity index (χ0v) is 35.3. The molecule has 0 spiro atoms. The highest BCUT2D eigenvalue weighted by Crippen LogP contribution is 2.58. The number of aryl methyl sites for hydroxylation is 1. The van der Waals surface area contributed by atoms with E-state index in [-0.39, 0.29) is 61.5 Å². The monoisotopic (exact) mass is 832 g/mol. The lowest BCUT2D eigenvalue weighted by Crippen LogP contribution is -2.68. The van der Waals surface area contributed by atoms with E-state index in [4.69, 9.17) is 33.3 Å². The fourth-order valence-corrected chi connectivity index (χ4v) is 11.5. The molecule has 9 rings (SSSR count). The zero-order chi connectivity index (χ0) is 41.8. The van der Waals surface area contributed by atoms with Crippen LogP contribution in [0, 0.1) is 25.2 Å². The van der Waals surface area contributed by atoms with Gasteiger partial charge in [0.15, 0.2) is 35.5 Å². The maximum atomic E-state index is 14.2. The highest BCUT2D eigenvalue weighted by Gasteiger charge is 2.57. The first-order chi connectivity index (χ1) is 29.2. The number of oxime groups is 1. The van der Waals surface area contributed by atoms with Crippen molar-refractivity contribution in [3.05, 3.63) is 99.1 Å². The smallest absolute Gasteiger partial charge is 0.357 e. The second kappa shape index (κ2) is 16.2. The number of hydrogen-bond donors (Lipinski definition) is 1. The number of rotatable bonds is 12. The van der Waals surface area contributed by atoms with Crippen LogP contribution in [-0.4, -0.2) is 105 Å². The number of phenols is 1. The third kappa shape index (κ3) is 6.33. The molecule has 5 atom stereocenters. The van der Waals surface area contributed by atoms with E-state index < -0.39 is 18.1 Å². The maximum Gasteiger partial charge on any atom is 0.357 e. The van der Waals surface area contributed by atoms with Gasteiger partial charge >= 0.3 is 5.97 Å². The molecule has 4 heterocycles. The Balaban J connectivity index is 1.06. The lowest BCUT2D eigenvalue weighted by Gasteiger charge is -2.59. The summed E-state index contributed by atoms with van der Waals surface area (Å²) < 4.78 is 35.9.